The molecule has 0 spiro atoms. The first-order valence-corrected chi connectivity index (χ1v) is 6.10. The van der Waals surface area contributed by atoms with E-state index in [2.05, 4.69) is 18.8 Å². The molecule has 1 saturated heterocycles. The van der Waals surface area contributed by atoms with Gasteiger partial charge in [0.05, 0.1) is 5.56 Å². The fraction of sp³-hybridized carbons (Fsp3) is 0.538. The van der Waals surface area contributed by atoms with Crippen molar-refractivity contribution < 1.29 is 9.18 Å². The first-order chi connectivity index (χ1) is 8.41. The third-order valence-electron chi connectivity index (χ3n) is 3.55. The van der Waals surface area contributed by atoms with Crippen molar-refractivity contribution in [2.75, 3.05) is 18.8 Å². The molecule has 2 rings (SSSR count). The van der Waals surface area contributed by atoms with Crippen LogP contribution in [0.4, 0.5) is 10.2 Å². The molecule has 0 aliphatic carbocycles. The van der Waals surface area contributed by atoms with Gasteiger partial charge in [-0.15, -0.1) is 0 Å². The van der Waals surface area contributed by atoms with E-state index in [1.165, 1.54) is 12.3 Å². The van der Waals surface area contributed by atoms with Crippen LogP contribution < -0.4 is 5.73 Å². The molecule has 1 aliphatic heterocycles. The number of nitrogen functional groups attached to an aromatic ring is 1. The molecule has 1 aromatic heterocycles. The smallest absolute Gasteiger partial charge is 0.257 e. The molecule has 0 saturated carbocycles. The van der Waals surface area contributed by atoms with Crippen LogP contribution in [0.5, 0.6) is 0 Å². The molecule has 18 heavy (non-hydrogen) atoms. The summed E-state index contributed by atoms with van der Waals surface area (Å²) in [7, 11) is 0. The summed E-state index contributed by atoms with van der Waals surface area (Å²) in [6, 6.07) is 1.38. The predicted molar refractivity (Wildman–Crippen MR) is 67.5 cm³/mol. The summed E-state index contributed by atoms with van der Waals surface area (Å²) in [6.07, 6.45) is 3.22. The van der Waals surface area contributed by atoms with Crippen LogP contribution in [0.25, 0.3) is 0 Å². The minimum atomic E-state index is -0.715. The molecule has 2 N–H and O–H groups in total. The summed E-state index contributed by atoms with van der Waals surface area (Å²) in [5.41, 5.74) is 5.65. The summed E-state index contributed by atoms with van der Waals surface area (Å²) in [5.74, 6) is -1.23. The molecule has 5 heteroatoms. The Kier molecular flexibility index (Phi) is 3.24. The summed E-state index contributed by atoms with van der Waals surface area (Å²) >= 11 is 0. The number of aromatic nitrogens is 1. The normalized spacial score (nSPS) is 18.7. The molecule has 0 aromatic carbocycles. The Balaban J connectivity index is 2.15. The maximum absolute atomic E-state index is 13.7. The molecular formula is C13H18FN3O. The van der Waals surface area contributed by atoms with Crippen molar-refractivity contribution in [2.45, 2.75) is 26.7 Å². The number of hydrogen-bond acceptors (Lipinski definition) is 3. The third kappa shape index (κ3) is 2.44. The quantitative estimate of drug-likeness (QED) is 0.831. The summed E-state index contributed by atoms with van der Waals surface area (Å²) < 4.78 is 13.7. The van der Waals surface area contributed by atoms with Gasteiger partial charge in [-0.1, -0.05) is 13.8 Å². The monoisotopic (exact) mass is 251 g/mol. The molecule has 1 aromatic rings. The Hall–Kier alpha value is -1.65. The Morgan fingerprint density at radius 3 is 2.67 bits per heavy atom. The largest absolute Gasteiger partial charge is 0.381 e. The Morgan fingerprint density at radius 2 is 2.06 bits per heavy atom. The minimum Gasteiger partial charge on any atom is -0.381 e. The first kappa shape index (κ1) is 12.8. The molecule has 1 aliphatic rings. The van der Waals surface area contributed by atoms with E-state index in [1.807, 2.05) is 0 Å². The van der Waals surface area contributed by atoms with E-state index in [9.17, 15) is 9.18 Å². The lowest BCUT2D eigenvalue weighted by atomic mass is 9.82. The van der Waals surface area contributed by atoms with E-state index in [4.69, 9.17) is 5.73 Å². The van der Waals surface area contributed by atoms with Crippen LogP contribution in [0, 0.1) is 11.2 Å². The number of likely N-dealkylation sites (tertiary alicyclic amines) is 1. The summed E-state index contributed by atoms with van der Waals surface area (Å²) in [5, 5.41) is 0. The average Bonchev–Trinajstić information content (AvgIpc) is 2.32. The molecule has 2 heterocycles. The van der Waals surface area contributed by atoms with Crippen molar-refractivity contribution in [1.29, 1.82) is 0 Å². The van der Waals surface area contributed by atoms with E-state index in [0.717, 1.165) is 12.8 Å². The van der Waals surface area contributed by atoms with Gasteiger partial charge in [0.1, 0.15) is 0 Å². The molecule has 0 radical (unpaired) electrons. The van der Waals surface area contributed by atoms with Crippen LogP contribution in [-0.4, -0.2) is 28.9 Å². The van der Waals surface area contributed by atoms with Crippen molar-refractivity contribution in [3.8, 4) is 0 Å². The molecule has 4 nitrogen and oxygen atoms in total. The number of rotatable bonds is 1. The van der Waals surface area contributed by atoms with Gasteiger partial charge < -0.3 is 10.6 Å². The third-order valence-corrected chi connectivity index (χ3v) is 3.55. The highest BCUT2D eigenvalue weighted by molar-refractivity contribution is 5.95. The van der Waals surface area contributed by atoms with E-state index >= 15 is 0 Å². The van der Waals surface area contributed by atoms with Crippen LogP contribution in [0.2, 0.25) is 0 Å². The van der Waals surface area contributed by atoms with Gasteiger partial charge in [-0.25, -0.2) is 9.37 Å². The Labute approximate surface area is 106 Å². The average molecular weight is 251 g/mol. The lowest BCUT2D eigenvalue weighted by Crippen LogP contribution is -2.41. The highest BCUT2D eigenvalue weighted by atomic mass is 19.1. The molecule has 98 valence electrons. The summed E-state index contributed by atoms with van der Waals surface area (Å²) in [4.78, 5) is 17.5. The number of nitrogens with two attached hydrogens (primary N) is 1. The maximum atomic E-state index is 13.7. The van der Waals surface area contributed by atoms with Gasteiger partial charge in [-0.2, -0.15) is 0 Å². The van der Waals surface area contributed by atoms with Gasteiger partial charge in [0.2, 0.25) is 0 Å². The highest BCUT2D eigenvalue weighted by Crippen LogP contribution is 2.30. The number of halogens is 1. The Bertz CT molecular complexity index is 463. The van der Waals surface area contributed by atoms with E-state index < -0.39 is 5.82 Å². The van der Waals surface area contributed by atoms with Gasteiger partial charge in [-0.05, 0) is 24.3 Å². The second-order valence-electron chi connectivity index (χ2n) is 5.51. The lowest BCUT2D eigenvalue weighted by molar-refractivity contribution is 0.0625. The predicted octanol–water partition coefficient (Wildman–Crippen LogP) is 2.07. The van der Waals surface area contributed by atoms with Crippen LogP contribution >= 0.6 is 0 Å². The van der Waals surface area contributed by atoms with E-state index in [-0.39, 0.29) is 22.7 Å². The number of piperidine rings is 1. The standard InChI is InChI=1S/C13H18FN3O/c1-13(2)4-7-17(8-5-13)12(18)9-3-6-16-11(15)10(9)14/h3,6H,4-5,7-8H2,1-2H3,(H2,15,16). The zero-order valence-electron chi connectivity index (χ0n) is 10.7. The number of hydrogen-bond donors (Lipinski definition) is 1. The number of amides is 1. The Morgan fingerprint density at radius 1 is 1.44 bits per heavy atom. The fourth-order valence-electron chi connectivity index (χ4n) is 2.11. The number of carbonyl (C=O) groups is 1. The van der Waals surface area contributed by atoms with Crippen LogP contribution in [0.1, 0.15) is 37.0 Å². The molecular weight excluding hydrogens is 233 g/mol. The highest BCUT2D eigenvalue weighted by Gasteiger charge is 2.29. The lowest BCUT2D eigenvalue weighted by Gasteiger charge is -2.36. The van der Waals surface area contributed by atoms with Gasteiger partial charge >= 0.3 is 0 Å². The number of pyridine rings is 1. The van der Waals surface area contributed by atoms with Gasteiger partial charge in [0, 0.05) is 19.3 Å². The van der Waals surface area contributed by atoms with Gasteiger partial charge in [-0.3, -0.25) is 4.79 Å². The van der Waals surface area contributed by atoms with Crippen molar-refractivity contribution in [1.82, 2.24) is 9.88 Å². The van der Waals surface area contributed by atoms with Crippen molar-refractivity contribution in [3.63, 3.8) is 0 Å². The van der Waals surface area contributed by atoms with Crippen molar-refractivity contribution in [2.24, 2.45) is 5.41 Å². The topological polar surface area (TPSA) is 59.2 Å². The first-order valence-electron chi connectivity index (χ1n) is 6.10. The van der Waals surface area contributed by atoms with Gasteiger partial charge in [0.15, 0.2) is 11.6 Å². The second-order valence-corrected chi connectivity index (χ2v) is 5.51. The van der Waals surface area contributed by atoms with Crippen molar-refractivity contribution >= 4 is 11.7 Å². The number of nitrogens with zero attached hydrogens (tertiary/aromatic N) is 2. The van der Waals surface area contributed by atoms with Crippen LogP contribution in [0.3, 0.4) is 0 Å². The molecule has 0 atom stereocenters. The second kappa shape index (κ2) is 4.55. The zero-order valence-corrected chi connectivity index (χ0v) is 10.7. The van der Waals surface area contributed by atoms with Crippen molar-refractivity contribution in [3.05, 3.63) is 23.6 Å². The van der Waals surface area contributed by atoms with Gasteiger partial charge in [0.25, 0.3) is 5.91 Å². The zero-order chi connectivity index (χ0) is 13.3. The van der Waals surface area contributed by atoms with E-state index in [1.54, 1.807) is 4.90 Å². The fourth-order valence-corrected chi connectivity index (χ4v) is 2.11. The molecule has 0 bridgehead atoms. The maximum Gasteiger partial charge on any atom is 0.257 e. The van der Waals surface area contributed by atoms with Crippen LogP contribution in [-0.2, 0) is 0 Å². The van der Waals surface area contributed by atoms with Crippen LogP contribution in [0.15, 0.2) is 12.3 Å². The minimum absolute atomic E-state index is 0.0159. The SMILES string of the molecule is CC1(C)CCN(C(=O)c2ccnc(N)c2F)CC1. The molecule has 1 fully saturated rings. The summed E-state index contributed by atoms with van der Waals surface area (Å²) in [6.45, 7) is 5.68. The molecule has 0 unspecified atom stereocenters. The van der Waals surface area contributed by atoms with E-state index in [0.29, 0.717) is 13.1 Å². The molecule has 1 amide bonds. The number of carbonyl (C=O) groups excluding carboxylic acids is 1. The number of anilines is 1.